The smallest absolute Gasteiger partial charge is 0.317 e. The van der Waals surface area contributed by atoms with Gasteiger partial charge in [0.25, 0.3) is 5.69 Å². The Kier molecular flexibility index (Phi) is 5.03. The van der Waals surface area contributed by atoms with Crippen molar-refractivity contribution in [2.24, 2.45) is 0 Å². The lowest BCUT2D eigenvalue weighted by molar-refractivity contribution is -0.394. The summed E-state index contributed by atoms with van der Waals surface area (Å²) in [6.07, 6.45) is -0.959. The highest BCUT2D eigenvalue weighted by molar-refractivity contribution is 6.07. The zero-order valence-corrected chi connectivity index (χ0v) is 15.7. The molecule has 0 aliphatic carbocycles. The predicted molar refractivity (Wildman–Crippen MR) is 111 cm³/mol. The first-order valence-corrected chi connectivity index (χ1v) is 9.15. The quantitative estimate of drug-likeness (QED) is 0.364. The molecule has 0 bridgehead atoms. The molecule has 0 unspecified atom stereocenters. The van der Waals surface area contributed by atoms with E-state index in [1.807, 2.05) is 53.1 Å². The number of ether oxygens (including phenoxy) is 1. The molecule has 1 heterocycles. The Bertz CT molecular complexity index is 1210. The molecule has 4 rings (SSSR count). The highest BCUT2D eigenvalue weighted by atomic mass is 16.6. The van der Waals surface area contributed by atoms with Crippen molar-refractivity contribution in [2.45, 2.75) is 12.6 Å². The number of aromatic nitrogens is 1. The van der Waals surface area contributed by atoms with Gasteiger partial charge < -0.3 is 14.4 Å². The molecule has 0 aliphatic rings. The molecule has 0 saturated carbocycles. The molecular weight excluding hydrogens is 390 g/mol. The molecule has 1 atom stereocenters. The molecule has 9 heteroatoms. The van der Waals surface area contributed by atoms with Gasteiger partial charge in [-0.3, -0.25) is 20.2 Å². The number of aliphatic hydroxyl groups is 1. The molecule has 9 nitrogen and oxygen atoms in total. The van der Waals surface area contributed by atoms with Crippen LogP contribution in [0.15, 0.2) is 66.7 Å². The molecule has 4 aromatic rings. The lowest BCUT2D eigenvalue weighted by atomic mass is 10.2. The molecule has 0 aliphatic heterocycles. The van der Waals surface area contributed by atoms with E-state index in [4.69, 9.17) is 4.74 Å². The summed E-state index contributed by atoms with van der Waals surface area (Å²) < 4.78 is 7.42. The van der Waals surface area contributed by atoms with Gasteiger partial charge in [-0.1, -0.05) is 36.4 Å². The molecule has 1 N–H and O–H groups in total. The molecule has 0 amide bonds. The topological polar surface area (TPSA) is 121 Å². The summed E-state index contributed by atoms with van der Waals surface area (Å²) in [5, 5.41) is 34.7. The zero-order valence-electron chi connectivity index (χ0n) is 15.7. The van der Waals surface area contributed by atoms with Crippen molar-refractivity contribution in [3.05, 3.63) is 87.0 Å². The van der Waals surface area contributed by atoms with Crippen LogP contribution in [0.2, 0.25) is 0 Å². The van der Waals surface area contributed by atoms with Crippen molar-refractivity contribution < 1.29 is 19.7 Å². The van der Waals surface area contributed by atoms with E-state index in [2.05, 4.69) is 0 Å². The van der Waals surface area contributed by atoms with Crippen molar-refractivity contribution in [1.82, 2.24) is 4.57 Å². The number of hydrogen-bond donors (Lipinski definition) is 1. The first-order chi connectivity index (χ1) is 14.5. The van der Waals surface area contributed by atoms with Crippen LogP contribution in [0, 0.1) is 20.2 Å². The third-order valence-electron chi connectivity index (χ3n) is 4.85. The molecule has 30 heavy (non-hydrogen) atoms. The summed E-state index contributed by atoms with van der Waals surface area (Å²) in [7, 11) is 0. The fourth-order valence-corrected chi connectivity index (χ4v) is 3.53. The minimum Gasteiger partial charge on any atom is -0.484 e. The Balaban J connectivity index is 1.57. The SMILES string of the molecule is O=[N+]([O-])c1ccc(OC[C@H](O)Cn2c3ccccc3c3ccccc32)c([N+](=O)[O-])c1. The largest absolute Gasteiger partial charge is 0.484 e. The Hall–Kier alpha value is -3.98. The van der Waals surface area contributed by atoms with E-state index < -0.39 is 27.3 Å². The Morgan fingerprint density at radius 3 is 2.07 bits per heavy atom. The number of rotatable bonds is 7. The van der Waals surface area contributed by atoms with E-state index >= 15 is 0 Å². The van der Waals surface area contributed by atoms with Crippen LogP contribution in [0.25, 0.3) is 21.8 Å². The van der Waals surface area contributed by atoms with E-state index in [1.54, 1.807) is 0 Å². The van der Waals surface area contributed by atoms with Crippen LogP contribution >= 0.6 is 0 Å². The van der Waals surface area contributed by atoms with Crippen LogP contribution in [0.3, 0.4) is 0 Å². The summed E-state index contributed by atoms with van der Waals surface area (Å²) in [5.41, 5.74) is 0.992. The van der Waals surface area contributed by atoms with Gasteiger partial charge in [-0.25, -0.2) is 0 Å². The molecule has 0 saturated heterocycles. The minimum absolute atomic E-state index is 0.133. The maximum atomic E-state index is 11.2. The van der Waals surface area contributed by atoms with Gasteiger partial charge in [-0.15, -0.1) is 0 Å². The number of nitro benzene ring substituents is 2. The molecule has 0 radical (unpaired) electrons. The summed E-state index contributed by atoms with van der Waals surface area (Å²) in [6, 6.07) is 18.8. The number of aliphatic hydroxyl groups excluding tert-OH is 1. The average molecular weight is 407 g/mol. The summed E-state index contributed by atoms with van der Waals surface area (Å²) in [5.74, 6) is -0.133. The number of benzene rings is 3. The summed E-state index contributed by atoms with van der Waals surface area (Å²) >= 11 is 0. The van der Waals surface area contributed by atoms with Crippen LogP contribution in [-0.4, -0.2) is 32.2 Å². The van der Waals surface area contributed by atoms with Crippen LogP contribution in [-0.2, 0) is 6.54 Å². The first-order valence-electron chi connectivity index (χ1n) is 9.15. The van der Waals surface area contributed by atoms with Crippen LogP contribution < -0.4 is 4.74 Å². The standard InChI is InChI=1S/C21H17N3O6/c25-15(13-30-21-10-9-14(23(26)27)11-20(21)24(28)29)12-22-18-7-3-1-5-16(18)17-6-2-4-8-19(17)22/h1-11,15,25H,12-13H2/t15-/m1/s1. The third kappa shape index (κ3) is 3.53. The fourth-order valence-electron chi connectivity index (χ4n) is 3.53. The number of hydrogen-bond acceptors (Lipinski definition) is 6. The van der Waals surface area contributed by atoms with Crippen molar-refractivity contribution in [3.8, 4) is 5.75 Å². The number of non-ortho nitro benzene ring substituents is 1. The number of fused-ring (bicyclic) bond motifs is 3. The molecule has 0 spiro atoms. The second-order valence-corrected chi connectivity index (χ2v) is 6.78. The fraction of sp³-hybridized carbons (Fsp3) is 0.143. The van der Waals surface area contributed by atoms with Gasteiger partial charge >= 0.3 is 5.69 Å². The van der Waals surface area contributed by atoms with Gasteiger partial charge in [0.2, 0.25) is 0 Å². The van der Waals surface area contributed by atoms with E-state index in [-0.39, 0.29) is 18.9 Å². The van der Waals surface area contributed by atoms with Gasteiger partial charge in [-0.2, -0.15) is 0 Å². The second-order valence-electron chi connectivity index (χ2n) is 6.78. The van der Waals surface area contributed by atoms with Crippen molar-refractivity contribution >= 4 is 33.2 Å². The monoisotopic (exact) mass is 407 g/mol. The molecule has 1 aromatic heterocycles. The Morgan fingerprint density at radius 1 is 0.900 bits per heavy atom. The van der Waals surface area contributed by atoms with Crippen molar-refractivity contribution in [2.75, 3.05) is 6.61 Å². The molecule has 0 fully saturated rings. The number of nitrogens with zero attached hydrogens (tertiary/aromatic N) is 3. The van der Waals surface area contributed by atoms with E-state index in [0.717, 1.165) is 33.9 Å². The predicted octanol–water partition coefficient (Wildman–Crippen LogP) is 4.05. The number of nitro groups is 2. The van der Waals surface area contributed by atoms with E-state index in [9.17, 15) is 25.3 Å². The van der Waals surface area contributed by atoms with Gasteiger partial charge in [0.1, 0.15) is 12.7 Å². The lowest BCUT2D eigenvalue weighted by Gasteiger charge is -2.15. The molecular formula is C21H17N3O6. The van der Waals surface area contributed by atoms with Crippen LogP contribution in [0.5, 0.6) is 5.75 Å². The Morgan fingerprint density at radius 2 is 1.50 bits per heavy atom. The number of para-hydroxylation sites is 2. The summed E-state index contributed by atoms with van der Waals surface area (Å²) in [6.45, 7) is 0.00822. The Labute approximate surface area is 170 Å². The van der Waals surface area contributed by atoms with Crippen molar-refractivity contribution in [3.63, 3.8) is 0 Å². The molecule has 3 aromatic carbocycles. The van der Waals surface area contributed by atoms with E-state index in [1.165, 1.54) is 6.07 Å². The third-order valence-corrected chi connectivity index (χ3v) is 4.85. The molecule has 152 valence electrons. The van der Waals surface area contributed by atoms with Gasteiger partial charge in [-0.05, 0) is 18.2 Å². The van der Waals surface area contributed by atoms with Gasteiger partial charge in [0.15, 0.2) is 5.75 Å². The average Bonchev–Trinajstić information content (AvgIpc) is 3.06. The highest BCUT2D eigenvalue weighted by Crippen LogP contribution is 2.32. The van der Waals surface area contributed by atoms with Crippen LogP contribution in [0.4, 0.5) is 11.4 Å². The normalized spacial score (nSPS) is 12.2. The highest BCUT2D eigenvalue weighted by Gasteiger charge is 2.22. The summed E-state index contributed by atoms with van der Waals surface area (Å²) in [4.78, 5) is 20.6. The lowest BCUT2D eigenvalue weighted by Crippen LogP contribution is -2.23. The maximum absolute atomic E-state index is 11.2. The van der Waals surface area contributed by atoms with E-state index in [0.29, 0.717) is 0 Å². The van der Waals surface area contributed by atoms with Gasteiger partial charge in [0, 0.05) is 27.9 Å². The maximum Gasteiger partial charge on any atom is 0.317 e. The zero-order chi connectivity index (χ0) is 21.3. The van der Waals surface area contributed by atoms with Crippen LogP contribution in [0.1, 0.15) is 0 Å². The van der Waals surface area contributed by atoms with Gasteiger partial charge in [0.05, 0.1) is 22.5 Å². The first kappa shape index (κ1) is 19.3. The minimum atomic E-state index is -0.959. The van der Waals surface area contributed by atoms with Crippen molar-refractivity contribution in [1.29, 1.82) is 0 Å². The second kappa shape index (κ2) is 7.80.